The van der Waals surface area contributed by atoms with E-state index in [9.17, 15) is 17.7 Å². The van der Waals surface area contributed by atoms with Crippen LogP contribution in [-0.4, -0.2) is 0 Å². The molecule has 0 amide bonds. The SMILES string of the molecule is Cl.Cl.O=[PH2]c1cccc(C(F)(F)F)c1. The lowest BCUT2D eigenvalue weighted by Gasteiger charge is -2.05. The van der Waals surface area contributed by atoms with Gasteiger partial charge in [0, 0.05) is 5.30 Å². The van der Waals surface area contributed by atoms with Gasteiger partial charge in [-0.2, -0.15) is 13.2 Å². The molecule has 0 aliphatic carbocycles. The molecule has 1 aromatic rings. The normalized spacial score (nSPS) is 10.8. The van der Waals surface area contributed by atoms with Gasteiger partial charge in [-0.25, -0.2) is 0 Å². The van der Waals surface area contributed by atoms with Gasteiger partial charge >= 0.3 is 6.18 Å². The lowest BCUT2D eigenvalue weighted by atomic mass is 10.2. The first-order chi connectivity index (χ1) is 5.54. The highest BCUT2D eigenvalue weighted by atomic mass is 35.5. The van der Waals surface area contributed by atoms with E-state index in [2.05, 4.69) is 0 Å². The fourth-order valence-electron chi connectivity index (χ4n) is 0.788. The van der Waals surface area contributed by atoms with E-state index in [-0.39, 0.29) is 30.1 Å². The molecule has 82 valence electrons. The highest BCUT2D eigenvalue weighted by Gasteiger charge is 2.30. The van der Waals surface area contributed by atoms with E-state index in [1.165, 1.54) is 12.1 Å². The maximum absolute atomic E-state index is 12.0. The van der Waals surface area contributed by atoms with Gasteiger partial charge in [0.2, 0.25) is 0 Å². The van der Waals surface area contributed by atoms with E-state index in [0.717, 1.165) is 12.1 Å². The van der Waals surface area contributed by atoms with Crippen LogP contribution >= 0.6 is 33.3 Å². The van der Waals surface area contributed by atoms with Crippen molar-refractivity contribution in [2.45, 2.75) is 6.18 Å². The molecule has 1 atom stereocenters. The second-order valence-corrected chi connectivity index (χ2v) is 3.14. The number of benzene rings is 1. The third kappa shape index (κ3) is 4.36. The molecule has 0 radical (unpaired) electrons. The Morgan fingerprint density at radius 3 is 2.14 bits per heavy atom. The Balaban J connectivity index is 0. The molecule has 0 heterocycles. The summed E-state index contributed by atoms with van der Waals surface area (Å²) in [5.74, 6) is 0. The molecule has 1 aromatic carbocycles. The second-order valence-electron chi connectivity index (χ2n) is 2.24. The Kier molecular flexibility index (Phi) is 7.35. The first-order valence-corrected chi connectivity index (χ1v) is 4.21. The van der Waals surface area contributed by atoms with Crippen LogP contribution in [0, 0.1) is 0 Å². The minimum atomic E-state index is -4.34. The number of halogens is 5. The number of alkyl halides is 3. The Morgan fingerprint density at radius 2 is 1.71 bits per heavy atom. The molecule has 0 aromatic heterocycles. The summed E-state index contributed by atoms with van der Waals surface area (Å²) in [5.41, 5.74) is -0.747. The van der Waals surface area contributed by atoms with Crippen molar-refractivity contribution >= 4 is 38.6 Å². The number of hydrogen-bond acceptors (Lipinski definition) is 1. The molecule has 0 aliphatic rings. The molecule has 0 spiro atoms. The molecule has 14 heavy (non-hydrogen) atoms. The molecule has 0 aliphatic heterocycles. The van der Waals surface area contributed by atoms with Crippen molar-refractivity contribution in [3.63, 3.8) is 0 Å². The van der Waals surface area contributed by atoms with Crippen LogP contribution in [-0.2, 0) is 10.7 Å². The summed E-state index contributed by atoms with van der Waals surface area (Å²) in [6, 6.07) is 4.53. The van der Waals surface area contributed by atoms with Crippen LogP contribution in [0.25, 0.3) is 0 Å². The largest absolute Gasteiger partial charge is 0.416 e. The molecule has 0 N–H and O–H groups in total. The minimum absolute atomic E-state index is 0. The molecular formula is C7H8Cl2F3OP. The summed E-state index contributed by atoms with van der Waals surface area (Å²) in [7, 11) is -1.29. The monoisotopic (exact) mass is 266 g/mol. The molecule has 0 fully saturated rings. The van der Waals surface area contributed by atoms with Crippen molar-refractivity contribution in [3.05, 3.63) is 29.8 Å². The third-order valence-electron chi connectivity index (χ3n) is 1.35. The standard InChI is InChI=1S/C7H6F3OP.2ClH/c8-7(9,10)5-2-1-3-6(4-5)12-11;;/h1-4H,12H2;2*1H. The van der Waals surface area contributed by atoms with E-state index in [4.69, 9.17) is 0 Å². The van der Waals surface area contributed by atoms with Crippen LogP contribution in [0.2, 0.25) is 0 Å². The van der Waals surface area contributed by atoms with Crippen LogP contribution in [0.1, 0.15) is 5.56 Å². The summed E-state index contributed by atoms with van der Waals surface area (Å²) in [6.07, 6.45) is -4.34. The topological polar surface area (TPSA) is 17.1 Å². The fourth-order valence-corrected chi connectivity index (χ4v) is 1.23. The maximum atomic E-state index is 12.0. The van der Waals surface area contributed by atoms with Crippen LogP contribution in [0.5, 0.6) is 0 Å². The van der Waals surface area contributed by atoms with Gasteiger partial charge in [-0.1, -0.05) is 12.1 Å². The first-order valence-electron chi connectivity index (χ1n) is 3.16. The highest BCUT2D eigenvalue weighted by molar-refractivity contribution is 7.34. The Morgan fingerprint density at radius 1 is 1.14 bits per heavy atom. The summed E-state index contributed by atoms with van der Waals surface area (Å²) in [4.78, 5) is 0. The van der Waals surface area contributed by atoms with Gasteiger partial charge in [0.25, 0.3) is 0 Å². The molecular weight excluding hydrogens is 259 g/mol. The van der Waals surface area contributed by atoms with Gasteiger partial charge in [0.05, 0.1) is 14.0 Å². The van der Waals surface area contributed by atoms with Crippen LogP contribution in [0.4, 0.5) is 13.2 Å². The number of hydrogen-bond donors (Lipinski definition) is 0. The molecule has 0 bridgehead atoms. The lowest BCUT2D eigenvalue weighted by Crippen LogP contribution is -2.07. The van der Waals surface area contributed by atoms with E-state index >= 15 is 0 Å². The maximum Gasteiger partial charge on any atom is 0.416 e. The summed E-state index contributed by atoms with van der Waals surface area (Å²) in [5, 5.41) is 0.241. The third-order valence-corrected chi connectivity index (χ3v) is 1.98. The average Bonchev–Trinajstić information content (AvgIpc) is 2.03. The van der Waals surface area contributed by atoms with Gasteiger partial charge in [-0.05, 0) is 12.1 Å². The predicted molar refractivity (Wildman–Crippen MR) is 56.0 cm³/mol. The Labute approximate surface area is 92.7 Å². The van der Waals surface area contributed by atoms with Gasteiger partial charge in [-0.3, -0.25) is 0 Å². The van der Waals surface area contributed by atoms with Crippen molar-refractivity contribution in [1.29, 1.82) is 0 Å². The lowest BCUT2D eigenvalue weighted by molar-refractivity contribution is -0.137. The molecule has 1 unspecified atom stereocenters. The van der Waals surface area contributed by atoms with Crippen molar-refractivity contribution in [2.75, 3.05) is 0 Å². The molecule has 1 nitrogen and oxygen atoms in total. The minimum Gasteiger partial charge on any atom is -0.325 e. The summed E-state index contributed by atoms with van der Waals surface area (Å²) in [6.45, 7) is 0. The van der Waals surface area contributed by atoms with Crippen LogP contribution in [0.15, 0.2) is 24.3 Å². The molecule has 7 heteroatoms. The molecule has 0 saturated carbocycles. The summed E-state index contributed by atoms with van der Waals surface area (Å²) >= 11 is 0. The van der Waals surface area contributed by atoms with Gasteiger partial charge < -0.3 is 4.57 Å². The van der Waals surface area contributed by atoms with Gasteiger partial charge in [-0.15, -0.1) is 24.8 Å². The van der Waals surface area contributed by atoms with Crippen molar-refractivity contribution in [1.82, 2.24) is 0 Å². The van der Waals surface area contributed by atoms with E-state index in [1.54, 1.807) is 0 Å². The van der Waals surface area contributed by atoms with Gasteiger partial charge in [0.1, 0.15) is 0 Å². The van der Waals surface area contributed by atoms with Gasteiger partial charge in [0.15, 0.2) is 0 Å². The van der Waals surface area contributed by atoms with Crippen molar-refractivity contribution in [3.8, 4) is 0 Å². The zero-order valence-corrected chi connectivity index (χ0v) is 9.53. The zero-order valence-electron chi connectivity index (χ0n) is 6.75. The van der Waals surface area contributed by atoms with Crippen LogP contribution in [0.3, 0.4) is 0 Å². The predicted octanol–water partition coefficient (Wildman–Crippen LogP) is 2.93. The Hall–Kier alpha value is -0.180. The van der Waals surface area contributed by atoms with E-state index < -0.39 is 20.2 Å². The average molecular weight is 267 g/mol. The Bertz CT molecular complexity index is 303. The second kappa shape index (κ2) is 6.33. The van der Waals surface area contributed by atoms with E-state index in [1.807, 2.05) is 0 Å². The number of rotatable bonds is 1. The first kappa shape index (κ1) is 16.3. The molecule has 1 rings (SSSR count). The van der Waals surface area contributed by atoms with Crippen LogP contribution < -0.4 is 5.30 Å². The highest BCUT2D eigenvalue weighted by Crippen LogP contribution is 2.28. The quantitative estimate of drug-likeness (QED) is 0.715. The van der Waals surface area contributed by atoms with Crippen molar-refractivity contribution in [2.24, 2.45) is 0 Å². The fraction of sp³-hybridized carbons (Fsp3) is 0.143. The summed E-state index contributed by atoms with van der Waals surface area (Å²) < 4.78 is 46.4. The van der Waals surface area contributed by atoms with E-state index in [0.29, 0.717) is 0 Å². The van der Waals surface area contributed by atoms with Crippen molar-refractivity contribution < 1.29 is 17.7 Å². The molecule has 0 saturated heterocycles. The zero-order chi connectivity index (χ0) is 9.19. The smallest absolute Gasteiger partial charge is 0.325 e.